The fraction of sp³-hybridized carbons (Fsp3) is 0.125. The van der Waals surface area contributed by atoms with Crippen molar-refractivity contribution in [2.45, 2.75) is 18.4 Å². The van der Waals surface area contributed by atoms with Gasteiger partial charge in [0.05, 0.1) is 27.7 Å². The summed E-state index contributed by atoms with van der Waals surface area (Å²) in [5.74, 6) is -0.464. The van der Waals surface area contributed by atoms with Crippen molar-refractivity contribution in [2.75, 3.05) is 10.8 Å². The minimum absolute atomic E-state index is 0.0432. The summed E-state index contributed by atoms with van der Waals surface area (Å²) in [7, 11) is -3.99. The first kappa shape index (κ1) is 23.9. The van der Waals surface area contributed by atoms with E-state index in [0.29, 0.717) is 17.3 Å². The minimum Gasteiger partial charge on any atom is -0.348 e. The van der Waals surface area contributed by atoms with Crippen molar-refractivity contribution in [3.05, 3.63) is 106 Å². The monoisotopic (exact) mass is 488 g/mol. The molecule has 0 fully saturated rings. The molecule has 166 valence electrons. The van der Waals surface area contributed by atoms with Crippen molar-refractivity contribution in [1.82, 2.24) is 5.32 Å². The Balaban J connectivity index is 1.89. The van der Waals surface area contributed by atoms with Crippen LogP contribution in [0.1, 0.15) is 21.5 Å². The Kier molecular flexibility index (Phi) is 7.61. The number of rotatable bonds is 8. The van der Waals surface area contributed by atoms with Crippen molar-refractivity contribution in [1.29, 1.82) is 0 Å². The Morgan fingerprint density at radius 1 is 1.03 bits per heavy atom. The Morgan fingerprint density at radius 3 is 2.31 bits per heavy atom. The van der Waals surface area contributed by atoms with Crippen molar-refractivity contribution in [2.24, 2.45) is 0 Å². The molecule has 0 aliphatic rings. The third kappa shape index (κ3) is 5.51. The first-order valence-corrected chi connectivity index (χ1v) is 11.9. The van der Waals surface area contributed by atoms with E-state index in [9.17, 15) is 13.2 Å². The minimum atomic E-state index is -3.99. The molecule has 8 heteroatoms. The molecule has 0 spiro atoms. The van der Waals surface area contributed by atoms with Crippen LogP contribution in [0.3, 0.4) is 0 Å². The van der Waals surface area contributed by atoms with E-state index in [1.807, 2.05) is 31.2 Å². The number of amides is 1. The number of halogens is 2. The van der Waals surface area contributed by atoms with E-state index in [1.54, 1.807) is 24.3 Å². The molecule has 0 radical (unpaired) electrons. The van der Waals surface area contributed by atoms with Gasteiger partial charge in [0.25, 0.3) is 15.9 Å². The van der Waals surface area contributed by atoms with E-state index in [4.69, 9.17) is 23.2 Å². The third-order valence-corrected chi connectivity index (χ3v) is 7.13. The summed E-state index contributed by atoms with van der Waals surface area (Å²) in [5, 5.41) is 3.43. The smallest absolute Gasteiger partial charge is 0.264 e. The average Bonchev–Trinajstić information content (AvgIpc) is 2.77. The summed E-state index contributed by atoms with van der Waals surface area (Å²) in [4.78, 5) is 12.7. The van der Waals surface area contributed by atoms with E-state index in [1.165, 1.54) is 28.6 Å². The lowest BCUT2D eigenvalue weighted by Gasteiger charge is -2.23. The summed E-state index contributed by atoms with van der Waals surface area (Å²) < 4.78 is 27.9. The Bertz CT molecular complexity index is 1230. The van der Waals surface area contributed by atoms with Crippen molar-refractivity contribution < 1.29 is 13.2 Å². The number of anilines is 1. The van der Waals surface area contributed by atoms with Gasteiger partial charge in [-0.15, -0.1) is 6.58 Å². The zero-order valence-corrected chi connectivity index (χ0v) is 19.7. The van der Waals surface area contributed by atoms with Crippen molar-refractivity contribution in [3.63, 3.8) is 0 Å². The van der Waals surface area contributed by atoms with Gasteiger partial charge in [0.15, 0.2) is 0 Å². The molecule has 0 saturated heterocycles. The lowest BCUT2D eigenvalue weighted by Crippen LogP contribution is -2.31. The second-order valence-corrected chi connectivity index (χ2v) is 9.82. The zero-order valence-electron chi connectivity index (χ0n) is 17.4. The van der Waals surface area contributed by atoms with Gasteiger partial charge in [-0.3, -0.25) is 9.10 Å². The maximum absolute atomic E-state index is 13.4. The molecule has 0 saturated carbocycles. The van der Waals surface area contributed by atoms with Crippen LogP contribution in [0.25, 0.3) is 0 Å². The summed E-state index contributed by atoms with van der Waals surface area (Å²) in [6.07, 6.45) is 1.48. The van der Waals surface area contributed by atoms with Gasteiger partial charge in [-0.2, -0.15) is 0 Å². The van der Waals surface area contributed by atoms with Gasteiger partial charge in [-0.25, -0.2) is 8.42 Å². The Hall–Kier alpha value is -2.80. The fourth-order valence-electron chi connectivity index (χ4n) is 3.02. The highest BCUT2D eigenvalue weighted by Gasteiger charge is 2.26. The van der Waals surface area contributed by atoms with Gasteiger partial charge >= 0.3 is 0 Å². The predicted octanol–water partition coefficient (Wildman–Crippen LogP) is 5.61. The number of nitrogens with zero attached hydrogens (tertiary/aromatic N) is 1. The van der Waals surface area contributed by atoms with Crippen molar-refractivity contribution in [3.8, 4) is 0 Å². The van der Waals surface area contributed by atoms with Crippen LogP contribution in [0.4, 0.5) is 5.69 Å². The average molecular weight is 489 g/mol. The zero-order chi connectivity index (χ0) is 23.3. The maximum atomic E-state index is 13.4. The highest BCUT2D eigenvalue weighted by molar-refractivity contribution is 7.92. The van der Waals surface area contributed by atoms with E-state index in [0.717, 1.165) is 11.1 Å². The molecule has 3 aromatic carbocycles. The molecular formula is C24H22Cl2N2O3S. The van der Waals surface area contributed by atoms with Crippen LogP contribution in [0, 0.1) is 6.92 Å². The number of aryl methyl sites for hydroxylation is 1. The molecule has 1 N–H and O–H groups in total. The molecule has 0 aromatic heterocycles. The third-order valence-electron chi connectivity index (χ3n) is 4.75. The second-order valence-electron chi connectivity index (χ2n) is 7.11. The van der Waals surface area contributed by atoms with Crippen LogP contribution in [0.5, 0.6) is 0 Å². The summed E-state index contributed by atoms with van der Waals surface area (Å²) in [6, 6.07) is 18.2. The van der Waals surface area contributed by atoms with Gasteiger partial charge in [0.2, 0.25) is 0 Å². The van der Waals surface area contributed by atoms with Gasteiger partial charge in [-0.05, 0) is 55.0 Å². The molecule has 0 atom stereocenters. The molecule has 0 aliphatic carbocycles. The van der Waals surface area contributed by atoms with Gasteiger partial charge in [0, 0.05) is 11.6 Å². The number of hydrogen-bond donors (Lipinski definition) is 1. The highest BCUT2D eigenvalue weighted by Crippen LogP contribution is 2.28. The number of carbonyl (C=O) groups is 1. The van der Waals surface area contributed by atoms with Gasteiger partial charge < -0.3 is 5.32 Å². The lowest BCUT2D eigenvalue weighted by atomic mass is 10.1. The molecule has 32 heavy (non-hydrogen) atoms. The first-order valence-electron chi connectivity index (χ1n) is 9.75. The number of carbonyl (C=O) groups excluding carboxylic acids is 1. The van der Waals surface area contributed by atoms with Crippen molar-refractivity contribution >= 4 is 44.8 Å². The van der Waals surface area contributed by atoms with E-state index >= 15 is 0 Å². The predicted molar refractivity (Wildman–Crippen MR) is 130 cm³/mol. The van der Waals surface area contributed by atoms with Crippen LogP contribution in [0.2, 0.25) is 10.0 Å². The lowest BCUT2D eigenvalue weighted by molar-refractivity contribution is 0.0951. The second kappa shape index (κ2) is 10.2. The molecule has 0 unspecified atom stereocenters. The van der Waals surface area contributed by atoms with Crippen LogP contribution in [-0.4, -0.2) is 20.9 Å². The van der Waals surface area contributed by atoms with E-state index < -0.39 is 15.9 Å². The number of nitrogens with one attached hydrogen (secondary N) is 1. The molecule has 1 amide bonds. The summed E-state index contributed by atoms with van der Waals surface area (Å²) >= 11 is 12.2. The van der Waals surface area contributed by atoms with E-state index in [2.05, 4.69) is 11.9 Å². The first-order chi connectivity index (χ1) is 15.2. The standard InChI is InChI=1S/C24H22Cl2N2O3S/c1-3-14-28(20-10-8-19(25)9-11-20)32(30,31)21-12-13-23(26)22(15-21)24(29)27-16-18-6-4-17(2)5-7-18/h3-13,15H,1,14,16H2,2H3,(H,27,29). The molecule has 5 nitrogen and oxygen atoms in total. The number of hydrogen-bond acceptors (Lipinski definition) is 3. The van der Waals surface area contributed by atoms with Gasteiger partial charge in [0.1, 0.15) is 0 Å². The molecule has 3 rings (SSSR count). The molecule has 0 heterocycles. The Labute approximate surface area is 198 Å². The molecular weight excluding hydrogens is 467 g/mol. The van der Waals surface area contributed by atoms with Crippen LogP contribution < -0.4 is 9.62 Å². The SMILES string of the molecule is C=CCN(c1ccc(Cl)cc1)S(=O)(=O)c1ccc(Cl)c(C(=O)NCc2ccc(C)cc2)c1. The summed E-state index contributed by atoms with van der Waals surface area (Å²) in [5.41, 5.74) is 2.54. The summed E-state index contributed by atoms with van der Waals surface area (Å²) in [6.45, 7) is 5.97. The molecule has 0 aliphatic heterocycles. The largest absolute Gasteiger partial charge is 0.348 e. The highest BCUT2D eigenvalue weighted by atomic mass is 35.5. The van der Waals surface area contributed by atoms with Gasteiger partial charge in [-0.1, -0.05) is 59.1 Å². The normalized spacial score (nSPS) is 11.1. The van der Waals surface area contributed by atoms with E-state index in [-0.39, 0.29) is 22.0 Å². The fourth-order valence-corrected chi connectivity index (χ4v) is 4.81. The van der Waals surface area contributed by atoms with Crippen LogP contribution >= 0.6 is 23.2 Å². The quantitative estimate of drug-likeness (QED) is 0.418. The molecule has 0 bridgehead atoms. The number of sulfonamides is 1. The molecule has 3 aromatic rings. The van der Waals surface area contributed by atoms with Crippen LogP contribution in [-0.2, 0) is 16.6 Å². The Morgan fingerprint density at radius 2 is 1.69 bits per heavy atom. The topological polar surface area (TPSA) is 66.5 Å². The maximum Gasteiger partial charge on any atom is 0.264 e. The number of benzene rings is 3. The van der Waals surface area contributed by atoms with Crippen LogP contribution in [0.15, 0.2) is 84.3 Å².